The van der Waals surface area contributed by atoms with Crippen LogP contribution < -0.4 is 10.4 Å². The van der Waals surface area contributed by atoms with Crippen LogP contribution in [0.2, 0.25) is 5.02 Å². The first-order valence-electron chi connectivity index (χ1n) is 10.5. The third-order valence-electron chi connectivity index (χ3n) is 5.21. The third-order valence-corrected chi connectivity index (χ3v) is 7.09. The van der Waals surface area contributed by atoms with Gasteiger partial charge in [0.2, 0.25) is 10.0 Å². The number of sulfonamides is 1. The molecule has 0 amide bonds. The van der Waals surface area contributed by atoms with Gasteiger partial charge in [0.05, 0.1) is 28.2 Å². The molecule has 3 aromatic carbocycles. The van der Waals surface area contributed by atoms with E-state index in [1.165, 1.54) is 18.2 Å². The number of esters is 1. The van der Waals surface area contributed by atoms with E-state index in [-0.39, 0.29) is 34.3 Å². The van der Waals surface area contributed by atoms with Crippen LogP contribution in [0.5, 0.6) is 0 Å². The Balaban J connectivity index is 1.38. The number of fused-ring (bicyclic) bond motifs is 1. The molecular weight excluding hydrogens is 478 g/mol. The number of para-hydroxylation sites is 2. The molecule has 0 atom stereocenters. The maximum atomic E-state index is 12.7. The molecule has 0 unspecified atom stereocenters. The van der Waals surface area contributed by atoms with E-state index in [1.54, 1.807) is 16.7 Å². The molecule has 0 radical (unpaired) electrons. The van der Waals surface area contributed by atoms with Crippen molar-refractivity contribution < 1.29 is 17.9 Å². The molecule has 176 valence electrons. The van der Waals surface area contributed by atoms with Crippen molar-refractivity contribution in [2.75, 3.05) is 6.61 Å². The first kappa shape index (κ1) is 23.7. The first-order valence-corrected chi connectivity index (χ1v) is 12.4. The topological polar surface area (TPSA) is 110 Å². The highest BCUT2D eigenvalue weighted by molar-refractivity contribution is 7.89. The molecule has 0 bridgehead atoms. The summed E-state index contributed by atoms with van der Waals surface area (Å²) < 4.78 is 34.9. The van der Waals surface area contributed by atoms with Gasteiger partial charge in [0.15, 0.2) is 0 Å². The Labute approximate surface area is 201 Å². The Morgan fingerprint density at radius 2 is 1.76 bits per heavy atom. The molecular formula is C24H22ClN3O5S. The molecule has 34 heavy (non-hydrogen) atoms. The molecule has 0 saturated heterocycles. The number of nitrogens with one attached hydrogen (secondary N) is 2. The van der Waals surface area contributed by atoms with Crippen LogP contribution in [0.15, 0.2) is 82.5 Å². The van der Waals surface area contributed by atoms with Crippen LogP contribution in [0.1, 0.15) is 22.3 Å². The zero-order valence-corrected chi connectivity index (χ0v) is 19.6. The number of carbonyl (C=O) groups is 1. The van der Waals surface area contributed by atoms with E-state index in [9.17, 15) is 18.0 Å². The van der Waals surface area contributed by atoms with Crippen LogP contribution >= 0.6 is 11.6 Å². The fourth-order valence-electron chi connectivity index (χ4n) is 3.49. The number of benzene rings is 3. The Bertz CT molecular complexity index is 1480. The van der Waals surface area contributed by atoms with Crippen molar-refractivity contribution in [1.82, 2.24) is 14.3 Å². The summed E-state index contributed by atoms with van der Waals surface area (Å²) in [7, 11) is -3.96. The number of hydrogen-bond acceptors (Lipinski definition) is 5. The average molecular weight is 500 g/mol. The number of rotatable bonds is 9. The highest BCUT2D eigenvalue weighted by atomic mass is 35.5. The molecule has 0 aliphatic rings. The monoisotopic (exact) mass is 499 g/mol. The van der Waals surface area contributed by atoms with Crippen molar-refractivity contribution in [3.8, 4) is 0 Å². The number of H-pyrrole nitrogens is 1. The van der Waals surface area contributed by atoms with E-state index in [2.05, 4.69) is 9.71 Å². The van der Waals surface area contributed by atoms with Crippen LogP contribution in [0.25, 0.3) is 11.0 Å². The largest absolute Gasteiger partial charge is 0.462 e. The maximum absolute atomic E-state index is 12.7. The number of carbonyl (C=O) groups excluding carboxylic acids is 1. The minimum atomic E-state index is -3.96. The Kier molecular flexibility index (Phi) is 7.16. The smallest absolute Gasteiger partial charge is 0.338 e. The number of aryl methyl sites for hydroxylation is 1. The Morgan fingerprint density at radius 3 is 2.56 bits per heavy atom. The van der Waals surface area contributed by atoms with E-state index in [1.807, 2.05) is 42.5 Å². The van der Waals surface area contributed by atoms with Gasteiger partial charge in [0.25, 0.3) is 0 Å². The van der Waals surface area contributed by atoms with Gasteiger partial charge in [0, 0.05) is 13.1 Å². The quantitative estimate of drug-likeness (QED) is 0.269. The Hall–Kier alpha value is -3.40. The lowest BCUT2D eigenvalue weighted by atomic mass is 10.2. The average Bonchev–Trinajstić information content (AvgIpc) is 3.16. The summed E-state index contributed by atoms with van der Waals surface area (Å²) in [5.74, 6) is -0.678. The van der Waals surface area contributed by atoms with E-state index < -0.39 is 16.0 Å². The van der Waals surface area contributed by atoms with Gasteiger partial charge in [-0.05, 0) is 42.3 Å². The summed E-state index contributed by atoms with van der Waals surface area (Å²) in [6.07, 6.45) is 0.408. The van der Waals surface area contributed by atoms with E-state index in [4.69, 9.17) is 16.3 Å². The maximum Gasteiger partial charge on any atom is 0.338 e. The zero-order valence-electron chi connectivity index (χ0n) is 18.0. The van der Waals surface area contributed by atoms with E-state index >= 15 is 0 Å². The molecule has 4 rings (SSSR count). The van der Waals surface area contributed by atoms with Crippen LogP contribution in [0.4, 0.5) is 0 Å². The number of halogens is 1. The Morgan fingerprint density at radius 1 is 1.03 bits per heavy atom. The lowest BCUT2D eigenvalue weighted by Crippen LogP contribution is -2.24. The lowest BCUT2D eigenvalue weighted by Gasteiger charge is -2.11. The molecule has 2 N–H and O–H groups in total. The van der Waals surface area contributed by atoms with Crippen molar-refractivity contribution in [2.24, 2.45) is 0 Å². The number of imidazole rings is 1. The van der Waals surface area contributed by atoms with Crippen molar-refractivity contribution in [1.29, 1.82) is 0 Å². The molecule has 8 nitrogen and oxygen atoms in total. The molecule has 0 aliphatic heterocycles. The molecule has 1 aromatic heterocycles. The van der Waals surface area contributed by atoms with Crippen LogP contribution in [0, 0.1) is 0 Å². The molecule has 4 aromatic rings. The molecule has 10 heteroatoms. The highest BCUT2D eigenvalue weighted by Gasteiger charge is 2.20. The number of nitrogens with zero attached hydrogens (tertiary/aromatic N) is 1. The van der Waals surface area contributed by atoms with Gasteiger partial charge >= 0.3 is 11.7 Å². The minimum Gasteiger partial charge on any atom is -0.462 e. The summed E-state index contributed by atoms with van der Waals surface area (Å²) in [6, 6.07) is 20.3. The van der Waals surface area contributed by atoms with Gasteiger partial charge in [-0.2, -0.15) is 0 Å². The van der Waals surface area contributed by atoms with Gasteiger partial charge in [-0.1, -0.05) is 54.1 Å². The second-order valence-corrected chi connectivity index (χ2v) is 9.69. The molecule has 0 aliphatic carbocycles. The fourth-order valence-corrected chi connectivity index (χ4v) is 5.03. The zero-order chi connectivity index (χ0) is 24.1. The predicted octanol–water partition coefficient (Wildman–Crippen LogP) is 3.71. The second-order valence-electron chi connectivity index (χ2n) is 7.54. The fraction of sp³-hybridized carbons (Fsp3) is 0.167. The molecule has 1 heterocycles. The molecule has 0 fully saturated rings. The van der Waals surface area contributed by atoms with E-state index in [0.29, 0.717) is 13.0 Å². The number of aromatic nitrogens is 2. The predicted molar refractivity (Wildman–Crippen MR) is 129 cm³/mol. The standard InChI is InChI=1S/C24H22ClN3O5S/c25-19-12-11-18(15-22(19)34(31,32)26-16-17-7-2-1-3-8-17)23(29)33-14-6-13-28-21-10-5-4-9-20(21)27-24(28)30/h1-5,7-12,15,26H,6,13-14,16H2,(H,27,30). The summed E-state index contributed by atoms with van der Waals surface area (Å²) in [5, 5.41) is -0.00387. The SMILES string of the molecule is O=C(OCCCn1c(=O)[nH]c2ccccc21)c1ccc(Cl)c(S(=O)(=O)NCc2ccccc2)c1. The molecule has 0 spiro atoms. The third kappa shape index (κ3) is 5.39. The second kappa shape index (κ2) is 10.3. The van der Waals surface area contributed by atoms with Crippen molar-refractivity contribution in [3.63, 3.8) is 0 Å². The molecule has 0 saturated carbocycles. The summed E-state index contributed by atoms with van der Waals surface area (Å²) >= 11 is 6.11. The van der Waals surface area contributed by atoms with E-state index in [0.717, 1.165) is 16.6 Å². The van der Waals surface area contributed by atoms with Gasteiger partial charge in [-0.25, -0.2) is 22.7 Å². The van der Waals surface area contributed by atoms with Gasteiger partial charge < -0.3 is 9.72 Å². The lowest BCUT2D eigenvalue weighted by molar-refractivity contribution is 0.0496. The van der Waals surface area contributed by atoms with Crippen molar-refractivity contribution >= 4 is 38.6 Å². The normalized spacial score (nSPS) is 11.6. The number of aromatic amines is 1. The van der Waals surface area contributed by atoms with Gasteiger partial charge in [-0.3, -0.25) is 4.57 Å². The van der Waals surface area contributed by atoms with Gasteiger partial charge in [-0.15, -0.1) is 0 Å². The number of ether oxygens (including phenoxy) is 1. The minimum absolute atomic E-state index is 0.00387. The van der Waals surface area contributed by atoms with Crippen molar-refractivity contribution in [3.05, 3.63) is 99.4 Å². The summed E-state index contributed by atoms with van der Waals surface area (Å²) in [6.45, 7) is 0.503. The number of hydrogen-bond donors (Lipinski definition) is 2. The van der Waals surface area contributed by atoms with Crippen molar-refractivity contribution in [2.45, 2.75) is 24.4 Å². The first-order chi connectivity index (χ1) is 16.3. The van der Waals surface area contributed by atoms with Crippen LogP contribution in [-0.2, 0) is 27.8 Å². The summed E-state index contributed by atoms with van der Waals surface area (Å²) in [5.41, 5.74) is 2.12. The van der Waals surface area contributed by atoms with Crippen LogP contribution in [-0.4, -0.2) is 30.5 Å². The van der Waals surface area contributed by atoms with Gasteiger partial charge in [0.1, 0.15) is 4.90 Å². The van der Waals surface area contributed by atoms with Crippen LogP contribution in [0.3, 0.4) is 0 Å². The highest BCUT2D eigenvalue weighted by Crippen LogP contribution is 2.23. The summed E-state index contributed by atoms with van der Waals surface area (Å²) in [4.78, 5) is 27.2.